The van der Waals surface area contributed by atoms with Crippen molar-refractivity contribution < 1.29 is 114 Å². The van der Waals surface area contributed by atoms with Crippen LogP contribution in [0.3, 0.4) is 0 Å². The quantitative estimate of drug-likeness (QED) is 0.0537. The highest BCUT2D eigenvalue weighted by molar-refractivity contribution is 5.90. The number of esters is 1. The second kappa shape index (κ2) is 17.7. The molecule has 0 amide bonds. The molecule has 0 radical (unpaired) electrons. The number of carbonyl (C=O) groups excluding carboxylic acids is 1. The van der Waals surface area contributed by atoms with E-state index < -0.39 is 148 Å². The first kappa shape index (κ1) is 43.0. The Morgan fingerprint density at radius 1 is 0.759 bits per heavy atom. The van der Waals surface area contributed by atoms with Gasteiger partial charge in [-0.05, 0) is 24.3 Å². The summed E-state index contributed by atoms with van der Waals surface area (Å²) < 4.78 is 45.2. The molecular formula is C35H42O23. The second-order valence-corrected chi connectivity index (χ2v) is 13.7. The van der Waals surface area contributed by atoms with E-state index in [2.05, 4.69) is 0 Å². The predicted octanol–water partition coefficient (Wildman–Crippen LogP) is -4.45. The van der Waals surface area contributed by atoms with E-state index in [4.69, 9.17) is 43.0 Å². The maximum absolute atomic E-state index is 12.0. The molecule has 15 atom stereocenters. The van der Waals surface area contributed by atoms with Gasteiger partial charge in [-0.2, -0.15) is 0 Å². The Labute approximate surface area is 326 Å². The minimum atomic E-state index is -2.03. The van der Waals surface area contributed by atoms with Crippen molar-refractivity contribution >= 4 is 17.7 Å². The normalized spacial score (nSPS) is 37.7. The highest BCUT2D eigenvalue weighted by Crippen LogP contribution is 2.41. The van der Waals surface area contributed by atoms with Crippen molar-refractivity contribution in [3.05, 3.63) is 64.8 Å². The van der Waals surface area contributed by atoms with E-state index in [0.717, 1.165) is 18.2 Å². The van der Waals surface area contributed by atoms with Crippen molar-refractivity contribution in [2.75, 3.05) is 19.8 Å². The van der Waals surface area contributed by atoms with Crippen LogP contribution in [0.4, 0.5) is 0 Å². The number of rotatable bonds is 12. The SMILES string of the molecule is O=C(O)CC(=O)OC[C@H]1O[C@@H](OC2=C(c3ccc(O)c(O)c3)OC3C=C(O[C@@H]4O[C@H](CO)[C@@H](O)[C@H](O)[C@H]4O)C=C(O)C3=C2)[C@H](O[C@@H]2OC[C@@H](O)[C@H](O)[C@H]2O)[C@@H](O)[C@@H]1O. The number of phenols is 2. The third-order valence-electron chi connectivity index (χ3n) is 9.63. The molecule has 58 heavy (non-hydrogen) atoms. The Bertz CT molecular complexity index is 1810. The molecular weight excluding hydrogens is 788 g/mol. The first-order valence-corrected chi connectivity index (χ1v) is 17.6. The Kier molecular flexibility index (Phi) is 13.1. The van der Waals surface area contributed by atoms with Gasteiger partial charge in [-0.3, -0.25) is 9.59 Å². The van der Waals surface area contributed by atoms with E-state index in [0.29, 0.717) is 0 Å². The van der Waals surface area contributed by atoms with E-state index in [1.54, 1.807) is 0 Å². The summed E-state index contributed by atoms with van der Waals surface area (Å²) in [6.45, 7) is -2.11. The van der Waals surface area contributed by atoms with Gasteiger partial charge in [0.25, 0.3) is 0 Å². The first-order chi connectivity index (χ1) is 27.5. The van der Waals surface area contributed by atoms with Crippen LogP contribution in [0, 0.1) is 0 Å². The van der Waals surface area contributed by atoms with Crippen LogP contribution in [0.25, 0.3) is 5.76 Å². The first-order valence-electron chi connectivity index (χ1n) is 17.6. The molecule has 320 valence electrons. The number of carbonyl (C=O) groups is 2. The minimum Gasteiger partial charge on any atom is -0.507 e. The molecule has 5 aliphatic rings. The van der Waals surface area contributed by atoms with Crippen LogP contribution in [-0.2, 0) is 47.5 Å². The highest BCUT2D eigenvalue weighted by atomic mass is 16.8. The molecule has 0 aromatic heterocycles. The minimum absolute atomic E-state index is 0.00982. The molecule has 23 heteroatoms. The van der Waals surface area contributed by atoms with E-state index in [9.17, 15) is 70.9 Å². The van der Waals surface area contributed by atoms with Gasteiger partial charge in [0, 0.05) is 23.3 Å². The largest absolute Gasteiger partial charge is 0.507 e. The molecule has 3 fully saturated rings. The van der Waals surface area contributed by atoms with E-state index in [1.807, 2.05) is 0 Å². The zero-order valence-electron chi connectivity index (χ0n) is 29.8. The number of ether oxygens (including phenoxy) is 8. The standard InChI is InChI=1S/C35H42O23/c36-8-20-25(45)27(47)30(50)34(56-20)53-12-4-15(38)13-6-19(31(54-18(13)5-12)11-1-2-14(37)16(39)3-11)55-35-32(58-33-29(49)24(44)17(40)9-52-33)28(48)26(46)21(57-35)10-51-23(43)7-22(41)42/h1-6,17-18,20-21,24-30,32-40,44-50H,7-10H2,(H,41,42)/t17-,18?,20-,21-,24+,25-,26-,27+,28+,29-,30-,32-,33+,34-,35-/m1/s1. The van der Waals surface area contributed by atoms with E-state index in [1.165, 1.54) is 18.2 Å². The molecule has 0 bridgehead atoms. The van der Waals surface area contributed by atoms with E-state index >= 15 is 0 Å². The van der Waals surface area contributed by atoms with Crippen LogP contribution in [-0.4, -0.2) is 190 Å². The number of hydrogen-bond acceptors (Lipinski definition) is 22. The highest BCUT2D eigenvalue weighted by Gasteiger charge is 2.51. The Hall–Kier alpha value is -4.60. The van der Waals surface area contributed by atoms with Crippen LogP contribution in [0.1, 0.15) is 12.0 Å². The summed E-state index contributed by atoms with van der Waals surface area (Å²) in [4.78, 5) is 23.0. The summed E-state index contributed by atoms with van der Waals surface area (Å²) in [6, 6.07) is 3.42. The van der Waals surface area contributed by atoms with E-state index in [-0.39, 0.29) is 28.4 Å². The van der Waals surface area contributed by atoms with Gasteiger partial charge in [0.15, 0.2) is 35.4 Å². The maximum Gasteiger partial charge on any atom is 0.317 e. The van der Waals surface area contributed by atoms with Gasteiger partial charge in [-0.1, -0.05) is 0 Å². The van der Waals surface area contributed by atoms with Crippen LogP contribution in [0.2, 0.25) is 0 Å². The average Bonchev–Trinajstić information content (AvgIpc) is 3.18. The number of allylic oxidation sites excluding steroid dienone is 2. The summed E-state index contributed by atoms with van der Waals surface area (Å²) in [6.07, 6.45) is -23.4. The summed E-state index contributed by atoms with van der Waals surface area (Å²) in [7, 11) is 0. The summed E-state index contributed by atoms with van der Waals surface area (Å²) in [5.41, 5.74) is -0.0327. The lowest BCUT2D eigenvalue weighted by Gasteiger charge is -2.45. The van der Waals surface area contributed by atoms with Crippen molar-refractivity contribution in [1.29, 1.82) is 0 Å². The Morgan fingerprint density at radius 2 is 1.45 bits per heavy atom. The van der Waals surface area contributed by atoms with Gasteiger partial charge in [0.05, 0.1) is 13.2 Å². The maximum atomic E-state index is 12.0. The molecule has 1 aromatic carbocycles. The lowest BCUT2D eigenvalue weighted by atomic mass is 9.96. The van der Waals surface area contributed by atoms with Crippen molar-refractivity contribution in [2.45, 2.75) is 98.5 Å². The number of carboxylic acids is 1. The summed E-state index contributed by atoms with van der Waals surface area (Å²) in [5.74, 6) is -5.26. The fraction of sp³-hybridized carbons (Fsp3) is 0.543. The third-order valence-corrected chi connectivity index (χ3v) is 9.63. The zero-order chi connectivity index (χ0) is 42.2. The number of carboxylic acid groups (broad SMARTS) is 1. The third kappa shape index (κ3) is 9.01. The second-order valence-electron chi connectivity index (χ2n) is 13.7. The van der Waals surface area contributed by atoms with Gasteiger partial charge in [0.2, 0.25) is 12.6 Å². The number of aliphatic hydroxyl groups excluding tert-OH is 10. The van der Waals surface area contributed by atoms with Crippen LogP contribution >= 0.6 is 0 Å². The molecule has 1 aromatic rings. The molecule has 1 unspecified atom stereocenters. The molecule has 0 saturated carbocycles. The molecule has 3 saturated heterocycles. The van der Waals surface area contributed by atoms with Gasteiger partial charge in [-0.25, -0.2) is 0 Å². The molecule has 4 heterocycles. The number of aliphatic hydroxyl groups is 10. The average molecular weight is 831 g/mol. The molecule has 6 rings (SSSR count). The van der Waals surface area contributed by atoms with Gasteiger partial charge in [-0.15, -0.1) is 0 Å². The van der Waals surface area contributed by atoms with Gasteiger partial charge >= 0.3 is 11.9 Å². The number of phenolic OH excluding ortho intramolecular Hbond substituents is 2. The monoisotopic (exact) mass is 830 g/mol. The fourth-order valence-corrected chi connectivity index (χ4v) is 6.44. The van der Waals surface area contributed by atoms with Crippen molar-refractivity contribution in [2.24, 2.45) is 0 Å². The van der Waals surface area contributed by atoms with Crippen molar-refractivity contribution in [1.82, 2.24) is 0 Å². The number of aromatic hydroxyl groups is 2. The Balaban J connectivity index is 1.34. The van der Waals surface area contributed by atoms with Gasteiger partial charge < -0.3 is 104 Å². The lowest BCUT2D eigenvalue weighted by molar-refractivity contribution is -0.351. The zero-order valence-corrected chi connectivity index (χ0v) is 29.8. The number of aliphatic carboxylic acids is 1. The molecule has 23 nitrogen and oxygen atoms in total. The van der Waals surface area contributed by atoms with Crippen LogP contribution < -0.4 is 0 Å². The smallest absolute Gasteiger partial charge is 0.317 e. The van der Waals surface area contributed by atoms with Crippen LogP contribution in [0.5, 0.6) is 11.5 Å². The topological polar surface area (TPSA) is 371 Å². The number of benzene rings is 1. The Morgan fingerprint density at radius 3 is 2.14 bits per heavy atom. The van der Waals surface area contributed by atoms with Crippen molar-refractivity contribution in [3.8, 4) is 11.5 Å². The lowest BCUT2D eigenvalue weighted by Crippen LogP contribution is -2.63. The molecule has 13 N–H and O–H groups in total. The predicted molar refractivity (Wildman–Crippen MR) is 181 cm³/mol. The number of fused-ring (bicyclic) bond motifs is 1. The fourth-order valence-electron chi connectivity index (χ4n) is 6.44. The summed E-state index contributed by atoms with van der Waals surface area (Å²) >= 11 is 0. The number of hydrogen-bond donors (Lipinski definition) is 13. The van der Waals surface area contributed by atoms with Crippen LogP contribution in [0.15, 0.2) is 59.3 Å². The summed E-state index contributed by atoms with van der Waals surface area (Å²) in [5, 5.41) is 134. The van der Waals surface area contributed by atoms with Gasteiger partial charge in [0.1, 0.15) is 91.7 Å². The molecule has 4 aliphatic heterocycles. The van der Waals surface area contributed by atoms with Crippen molar-refractivity contribution in [3.63, 3.8) is 0 Å². The molecule has 1 aliphatic carbocycles. The molecule has 0 spiro atoms.